The minimum Gasteiger partial charge on any atom is -0.481 e. The van der Waals surface area contributed by atoms with Gasteiger partial charge in [-0.05, 0) is 56.6 Å². The van der Waals surface area contributed by atoms with E-state index in [-0.39, 0.29) is 24.1 Å². The van der Waals surface area contributed by atoms with Crippen molar-refractivity contribution in [1.29, 1.82) is 0 Å². The van der Waals surface area contributed by atoms with Crippen LogP contribution in [0, 0.1) is 5.82 Å². The van der Waals surface area contributed by atoms with Gasteiger partial charge in [0.25, 0.3) is 5.88 Å². The third-order valence-electron chi connectivity index (χ3n) is 5.67. The smallest absolute Gasteiger partial charge is 0.257 e. The molecule has 2 aliphatic heterocycles. The molecule has 4 rings (SSSR count). The van der Waals surface area contributed by atoms with Gasteiger partial charge < -0.3 is 14.2 Å². The van der Waals surface area contributed by atoms with Crippen LogP contribution >= 0.6 is 12.6 Å². The van der Waals surface area contributed by atoms with Crippen LogP contribution in [0.15, 0.2) is 30.5 Å². The fourth-order valence-electron chi connectivity index (χ4n) is 3.89. The Morgan fingerprint density at radius 1 is 1.27 bits per heavy atom. The Labute approximate surface area is 182 Å². The van der Waals surface area contributed by atoms with Crippen molar-refractivity contribution in [2.45, 2.75) is 50.9 Å². The van der Waals surface area contributed by atoms with Crippen molar-refractivity contribution >= 4 is 12.6 Å². The summed E-state index contributed by atoms with van der Waals surface area (Å²) in [6.07, 6.45) is 5.07. The lowest BCUT2D eigenvalue weighted by atomic mass is 10.0. The van der Waals surface area contributed by atoms with Crippen LogP contribution in [0.4, 0.5) is 4.39 Å². The van der Waals surface area contributed by atoms with Gasteiger partial charge in [-0.15, -0.1) is 0 Å². The summed E-state index contributed by atoms with van der Waals surface area (Å²) in [4.78, 5) is 11.1. The van der Waals surface area contributed by atoms with Gasteiger partial charge in [0.05, 0.1) is 11.9 Å². The third-order valence-corrected chi connectivity index (χ3v) is 5.99. The first-order chi connectivity index (χ1) is 14.6. The molecule has 2 aromatic heterocycles. The average molecular weight is 434 g/mol. The van der Waals surface area contributed by atoms with Gasteiger partial charge in [0.1, 0.15) is 24.6 Å². The van der Waals surface area contributed by atoms with Crippen LogP contribution in [0.5, 0.6) is 17.5 Å². The van der Waals surface area contributed by atoms with Gasteiger partial charge in [0.15, 0.2) is 5.75 Å². The zero-order valence-electron chi connectivity index (χ0n) is 17.2. The predicted molar refractivity (Wildman–Crippen MR) is 115 cm³/mol. The molecule has 0 aliphatic carbocycles. The minimum absolute atomic E-state index is 0.0735. The van der Waals surface area contributed by atoms with Crippen molar-refractivity contribution in [1.82, 2.24) is 14.9 Å². The van der Waals surface area contributed by atoms with Gasteiger partial charge in [0, 0.05) is 25.2 Å². The summed E-state index contributed by atoms with van der Waals surface area (Å²) in [6, 6.07) is 7.11. The SMILES string of the molecule is CC(c1ccc2c(n1)OCC(CCCS)O2)N1CCC(Oc2ccc(F)cn2)CC1. The lowest BCUT2D eigenvalue weighted by Gasteiger charge is -2.36. The van der Waals surface area contributed by atoms with Gasteiger partial charge in [-0.2, -0.15) is 12.6 Å². The Hall–Kier alpha value is -2.06. The highest BCUT2D eigenvalue weighted by Gasteiger charge is 2.28. The van der Waals surface area contributed by atoms with E-state index in [1.54, 1.807) is 6.07 Å². The summed E-state index contributed by atoms with van der Waals surface area (Å²) in [5.41, 5.74) is 0.978. The molecule has 2 aliphatic rings. The van der Waals surface area contributed by atoms with E-state index in [4.69, 9.17) is 19.2 Å². The highest BCUT2D eigenvalue weighted by atomic mass is 32.1. The van der Waals surface area contributed by atoms with Crippen molar-refractivity contribution in [3.8, 4) is 17.5 Å². The number of hydrogen-bond acceptors (Lipinski definition) is 7. The van der Waals surface area contributed by atoms with Gasteiger partial charge >= 0.3 is 0 Å². The van der Waals surface area contributed by atoms with E-state index < -0.39 is 0 Å². The van der Waals surface area contributed by atoms with Crippen LogP contribution < -0.4 is 14.2 Å². The Balaban J connectivity index is 1.31. The van der Waals surface area contributed by atoms with E-state index in [1.807, 2.05) is 12.1 Å². The Morgan fingerprint density at radius 2 is 2.10 bits per heavy atom. The molecule has 1 fully saturated rings. The Morgan fingerprint density at radius 3 is 2.83 bits per heavy atom. The predicted octanol–water partition coefficient (Wildman–Crippen LogP) is 4.07. The number of rotatable bonds is 7. The molecule has 4 heterocycles. The molecular weight excluding hydrogens is 405 g/mol. The summed E-state index contributed by atoms with van der Waals surface area (Å²) in [5, 5.41) is 0. The van der Waals surface area contributed by atoms with E-state index in [0.717, 1.165) is 56.0 Å². The Bertz CT molecular complexity index is 831. The molecule has 2 atom stereocenters. The molecule has 0 amide bonds. The maximum Gasteiger partial charge on any atom is 0.257 e. The fourth-order valence-corrected chi connectivity index (χ4v) is 4.07. The first-order valence-corrected chi connectivity index (χ1v) is 11.2. The maximum absolute atomic E-state index is 13.0. The van der Waals surface area contributed by atoms with E-state index in [1.165, 1.54) is 12.3 Å². The van der Waals surface area contributed by atoms with Gasteiger partial charge in [-0.1, -0.05) is 0 Å². The number of piperidine rings is 1. The second-order valence-corrected chi connectivity index (χ2v) is 8.25. The van der Waals surface area contributed by atoms with Crippen molar-refractivity contribution in [2.24, 2.45) is 0 Å². The summed E-state index contributed by atoms with van der Waals surface area (Å²) in [7, 11) is 0. The molecule has 0 spiro atoms. The van der Waals surface area contributed by atoms with Crippen molar-refractivity contribution < 1.29 is 18.6 Å². The first-order valence-electron chi connectivity index (χ1n) is 10.6. The third kappa shape index (κ3) is 5.16. The molecular formula is C22H28FN3O3S. The number of likely N-dealkylation sites (tertiary alicyclic amines) is 1. The van der Waals surface area contributed by atoms with Crippen molar-refractivity contribution in [2.75, 3.05) is 25.4 Å². The molecule has 1 saturated heterocycles. The van der Waals surface area contributed by atoms with Gasteiger partial charge in [-0.25, -0.2) is 14.4 Å². The minimum atomic E-state index is -0.355. The summed E-state index contributed by atoms with van der Waals surface area (Å²) in [6.45, 7) is 4.49. The molecule has 30 heavy (non-hydrogen) atoms. The van der Waals surface area contributed by atoms with Gasteiger partial charge in [-0.3, -0.25) is 4.90 Å². The molecule has 0 radical (unpaired) electrons. The number of aromatic nitrogens is 2. The molecule has 6 nitrogen and oxygen atoms in total. The van der Waals surface area contributed by atoms with E-state index in [9.17, 15) is 4.39 Å². The zero-order chi connectivity index (χ0) is 20.9. The van der Waals surface area contributed by atoms with Crippen LogP contribution in [-0.2, 0) is 0 Å². The lowest BCUT2D eigenvalue weighted by Crippen LogP contribution is -2.40. The first kappa shape index (κ1) is 21.2. The topological polar surface area (TPSA) is 56.7 Å². The maximum atomic E-state index is 13.0. The number of pyridine rings is 2. The number of hydrogen-bond donors (Lipinski definition) is 1. The number of thiol groups is 1. The van der Waals surface area contributed by atoms with Crippen LogP contribution in [0.2, 0.25) is 0 Å². The molecule has 0 N–H and O–H groups in total. The van der Waals surface area contributed by atoms with Gasteiger partial charge in [0.2, 0.25) is 5.88 Å². The lowest BCUT2D eigenvalue weighted by molar-refractivity contribution is 0.0712. The van der Waals surface area contributed by atoms with E-state index in [0.29, 0.717) is 18.4 Å². The highest BCUT2D eigenvalue weighted by molar-refractivity contribution is 7.80. The number of halogens is 1. The summed E-state index contributed by atoms with van der Waals surface area (Å²) < 4.78 is 30.8. The quantitative estimate of drug-likeness (QED) is 0.665. The Kier molecular flexibility index (Phi) is 6.94. The highest BCUT2D eigenvalue weighted by Crippen LogP contribution is 2.34. The molecule has 2 aromatic rings. The number of ether oxygens (including phenoxy) is 3. The molecule has 0 bridgehead atoms. The standard InChI is InChI=1S/C22H28FN3O3S/c1-15(19-5-6-20-22(25-19)27-14-18(28-20)3-2-12-30)26-10-8-17(9-11-26)29-21-7-4-16(23)13-24-21/h4-7,13,15,17-18,30H,2-3,8-12,14H2,1H3. The monoisotopic (exact) mass is 433 g/mol. The van der Waals surface area contributed by atoms with Crippen LogP contribution in [0.1, 0.15) is 44.3 Å². The fraction of sp³-hybridized carbons (Fsp3) is 0.545. The second-order valence-electron chi connectivity index (χ2n) is 7.80. The second kappa shape index (κ2) is 9.83. The summed E-state index contributed by atoms with van der Waals surface area (Å²) >= 11 is 4.26. The molecule has 162 valence electrons. The van der Waals surface area contributed by atoms with Crippen molar-refractivity contribution in [3.05, 3.63) is 42.0 Å². The average Bonchev–Trinajstić information content (AvgIpc) is 2.79. The molecule has 8 heteroatoms. The largest absolute Gasteiger partial charge is 0.481 e. The van der Waals surface area contributed by atoms with E-state index >= 15 is 0 Å². The normalized spacial score (nSPS) is 20.7. The molecule has 0 saturated carbocycles. The molecule has 0 aromatic carbocycles. The van der Waals surface area contributed by atoms with E-state index in [2.05, 4.69) is 29.4 Å². The van der Waals surface area contributed by atoms with Crippen LogP contribution in [-0.4, -0.2) is 52.5 Å². The van der Waals surface area contributed by atoms with Crippen molar-refractivity contribution in [3.63, 3.8) is 0 Å². The number of fused-ring (bicyclic) bond motifs is 1. The van der Waals surface area contributed by atoms with Crippen LogP contribution in [0.3, 0.4) is 0 Å². The summed E-state index contributed by atoms with van der Waals surface area (Å²) in [5.74, 6) is 2.28. The number of nitrogens with zero attached hydrogens (tertiary/aromatic N) is 3. The van der Waals surface area contributed by atoms with Crippen LogP contribution in [0.25, 0.3) is 0 Å². The molecule has 2 unspecified atom stereocenters. The zero-order valence-corrected chi connectivity index (χ0v) is 18.1.